The molecule has 1 heterocycles. The molecule has 1 fully saturated rings. The number of aliphatic imine (C=N–C) groups is 1. The van der Waals surface area contributed by atoms with Crippen LogP contribution in [0.25, 0.3) is 0 Å². The van der Waals surface area contributed by atoms with Crippen LogP contribution in [0.3, 0.4) is 0 Å². The van der Waals surface area contributed by atoms with Gasteiger partial charge in [-0.3, -0.25) is 14.7 Å². The molecule has 1 unspecified atom stereocenters. The molecule has 0 aliphatic carbocycles. The Labute approximate surface area is 185 Å². The predicted molar refractivity (Wildman–Crippen MR) is 124 cm³/mol. The SMILES string of the molecule is CN=C(NCCC(=O)Nc1cccc(Cl)c1C)NCC(CC(C)C)N1CCOCC1. The third-order valence-corrected chi connectivity index (χ3v) is 5.63. The van der Waals surface area contributed by atoms with Crippen molar-refractivity contribution in [3.63, 3.8) is 0 Å². The third-order valence-electron chi connectivity index (χ3n) is 5.22. The average Bonchev–Trinajstić information content (AvgIpc) is 2.73. The number of guanidine groups is 1. The molecule has 3 N–H and O–H groups in total. The summed E-state index contributed by atoms with van der Waals surface area (Å²) < 4.78 is 5.49. The van der Waals surface area contributed by atoms with Gasteiger partial charge in [-0.15, -0.1) is 0 Å². The average molecular weight is 438 g/mol. The summed E-state index contributed by atoms with van der Waals surface area (Å²) in [5, 5.41) is 10.2. The quantitative estimate of drug-likeness (QED) is 0.409. The summed E-state index contributed by atoms with van der Waals surface area (Å²) in [5.41, 5.74) is 1.62. The number of hydrogen-bond donors (Lipinski definition) is 3. The molecule has 2 rings (SSSR count). The van der Waals surface area contributed by atoms with Gasteiger partial charge in [0.2, 0.25) is 5.91 Å². The van der Waals surface area contributed by atoms with Gasteiger partial charge in [-0.05, 0) is 37.0 Å². The fourth-order valence-corrected chi connectivity index (χ4v) is 3.71. The van der Waals surface area contributed by atoms with Crippen LogP contribution in [0.15, 0.2) is 23.2 Å². The largest absolute Gasteiger partial charge is 0.379 e. The van der Waals surface area contributed by atoms with Crippen molar-refractivity contribution >= 4 is 29.2 Å². The standard InChI is InChI=1S/C22H36ClN5O2/c1-16(2)14-18(28-10-12-30-13-11-28)15-26-22(24-4)25-9-8-21(29)27-20-7-5-6-19(23)17(20)3/h5-7,16,18H,8-15H2,1-4H3,(H,27,29)(H2,24,25,26). The number of carbonyl (C=O) groups is 1. The van der Waals surface area contributed by atoms with Crippen molar-refractivity contribution in [2.24, 2.45) is 10.9 Å². The summed E-state index contributed by atoms with van der Waals surface area (Å²) in [5.74, 6) is 1.27. The highest BCUT2D eigenvalue weighted by Crippen LogP contribution is 2.22. The highest BCUT2D eigenvalue weighted by Gasteiger charge is 2.22. The number of amides is 1. The van der Waals surface area contributed by atoms with Crippen molar-refractivity contribution in [2.75, 3.05) is 51.8 Å². The highest BCUT2D eigenvalue weighted by molar-refractivity contribution is 6.31. The monoisotopic (exact) mass is 437 g/mol. The van der Waals surface area contributed by atoms with E-state index in [9.17, 15) is 4.79 Å². The molecular formula is C22H36ClN5O2. The molecule has 168 valence electrons. The van der Waals surface area contributed by atoms with E-state index < -0.39 is 0 Å². The van der Waals surface area contributed by atoms with Crippen molar-refractivity contribution < 1.29 is 9.53 Å². The molecule has 0 radical (unpaired) electrons. The Morgan fingerprint density at radius 3 is 2.67 bits per heavy atom. The molecule has 1 saturated heterocycles. The van der Waals surface area contributed by atoms with Crippen molar-refractivity contribution in [1.29, 1.82) is 0 Å². The summed E-state index contributed by atoms with van der Waals surface area (Å²) in [6.45, 7) is 11.2. The fourth-order valence-electron chi connectivity index (χ4n) is 3.53. The van der Waals surface area contributed by atoms with Crippen LogP contribution >= 0.6 is 11.6 Å². The molecule has 1 aliphatic heterocycles. The summed E-state index contributed by atoms with van der Waals surface area (Å²) in [6, 6.07) is 5.93. The number of nitrogens with zero attached hydrogens (tertiary/aromatic N) is 2. The first-order valence-electron chi connectivity index (χ1n) is 10.7. The smallest absolute Gasteiger partial charge is 0.226 e. The first kappa shape index (κ1) is 24.4. The first-order valence-corrected chi connectivity index (χ1v) is 11.1. The molecule has 1 aliphatic rings. The number of anilines is 1. The van der Waals surface area contributed by atoms with Gasteiger partial charge >= 0.3 is 0 Å². The van der Waals surface area contributed by atoms with Crippen LogP contribution in [0, 0.1) is 12.8 Å². The topological polar surface area (TPSA) is 78.0 Å². The van der Waals surface area contributed by atoms with E-state index in [1.54, 1.807) is 7.05 Å². The number of nitrogens with one attached hydrogen (secondary N) is 3. The highest BCUT2D eigenvalue weighted by atomic mass is 35.5. The minimum atomic E-state index is -0.0608. The summed E-state index contributed by atoms with van der Waals surface area (Å²) in [7, 11) is 1.75. The molecule has 0 bridgehead atoms. The maximum Gasteiger partial charge on any atom is 0.226 e. The maximum absolute atomic E-state index is 12.3. The lowest BCUT2D eigenvalue weighted by Gasteiger charge is -2.35. The summed E-state index contributed by atoms with van der Waals surface area (Å²) >= 11 is 6.11. The summed E-state index contributed by atoms with van der Waals surface area (Å²) in [6.07, 6.45) is 1.46. The van der Waals surface area contributed by atoms with Gasteiger partial charge in [0.05, 0.1) is 13.2 Å². The van der Waals surface area contributed by atoms with E-state index in [4.69, 9.17) is 16.3 Å². The van der Waals surface area contributed by atoms with Crippen LogP contribution in [0.1, 0.15) is 32.3 Å². The van der Waals surface area contributed by atoms with Crippen molar-refractivity contribution in [3.05, 3.63) is 28.8 Å². The molecular weight excluding hydrogens is 402 g/mol. The molecule has 1 aromatic carbocycles. The molecule has 0 saturated carbocycles. The Morgan fingerprint density at radius 2 is 2.00 bits per heavy atom. The minimum absolute atomic E-state index is 0.0608. The number of rotatable bonds is 9. The van der Waals surface area contributed by atoms with Gasteiger partial charge in [0.15, 0.2) is 5.96 Å². The van der Waals surface area contributed by atoms with Crippen LogP contribution in [0.4, 0.5) is 5.69 Å². The van der Waals surface area contributed by atoms with E-state index >= 15 is 0 Å². The van der Waals surface area contributed by atoms with E-state index in [2.05, 4.69) is 39.7 Å². The summed E-state index contributed by atoms with van der Waals surface area (Å²) in [4.78, 5) is 19.1. The normalized spacial score (nSPS) is 16.4. The van der Waals surface area contributed by atoms with Crippen LogP contribution in [0.2, 0.25) is 5.02 Å². The van der Waals surface area contributed by atoms with E-state index in [1.165, 1.54) is 0 Å². The third kappa shape index (κ3) is 8.13. The van der Waals surface area contributed by atoms with Crippen LogP contribution < -0.4 is 16.0 Å². The van der Waals surface area contributed by atoms with Gasteiger partial charge in [-0.25, -0.2) is 0 Å². The van der Waals surface area contributed by atoms with Gasteiger partial charge in [-0.2, -0.15) is 0 Å². The lowest BCUT2D eigenvalue weighted by atomic mass is 10.0. The van der Waals surface area contributed by atoms with Crippen LogP contribution in [0.5, 0.6) is 0 Å². The molecule has 8 heteroatoms. The van der Waals surface area contributed by atoms with Crippen LogP contribution in [-0.4, -0.2) is 69.2 Å². The van der Waals surface area contributed by atoms with Gasteiger partial charge in [-0.1, -0.05) is 31.5 Å². The van der Waals surface area contributed by atoms with Gasteiger partial charge in [0.1, 0.15) is 0 Å². The second-order valence-electron chi connectivity index (χ2n) is 8.02. The molecule has 1 atom stereocenters. The first-order chi connectivity index (χ1) is 14.4. The molecule has 1 amide bonds. The predicted octanol–water partition coefficient (Wildman–Crippen LogP) is 2.89. The number of halogens is 1. The lowest BCUT2D eigenvalue weighted by Crippen LogP contribution is -2.51. The Bertz CT molecular complexity index is 705. The molecule has 30 heavy (non-hydrogen) atoms. The number of ether oxygens (including phenoxy) is 1. The second kappa shape index (κ2) is 12.8. The molecule has 1 aromatic rings. The van der Waals surface area contributed by atoms with Gasteiger partial charge < -0.3 is 20.7 Å². The number of carbonyl (C=O) groups excluding carboxylic acids is 1. The fraction of sp³-hybridized carbons (Fsp3) is 0.636. The van der Waals surface area contributed by atoms with E-state index in [1.807, 2.05) is 25.1 Å². The minimum Gasteiger partial charge on any atom is -0.379 e. The molecule has 0 spiro atoms. The molecule has 0 aromatic heterocycles. The van der Waals surface area contributed by atoms with Crippen LogP contribution in [-0.2, 0) is 9.53 Å². The van der Waals surface area contributed by atoms with Crippen molar-refractivity contribution in [2.45, 2.75) is 39.7 Å². The zero-order valence-electron chi connectivity index (χ0n) is 18.6. The van der Waals surface area contributed by atoms with Gasteiger partial charge in [0.25, 0.3) is 0 Å². The Balaban J connectivity index is 1.77. The van der Waals surface area contributed by atoms with E-state index in [-0.39, 0.29) is 5.91 Å². The second-order valence-corrected chi connectivity index (χ2v) is 8.43. The van der Waals surface area contributed by atoms with Crippen molar-refractivity contribution in [3.8, 4) is 0 Å². The maximum atomic E-state index is 12.3. The number of morpholine rings is 1. The molecule has 7 nitrogen and oxygen atoms in total. The zero-order chi connectivity index (χ0) is 21.9. The Hall–Kier alpha value is -1.83. The number of benzene rings is 1. The Kier molecular flexibility index (Phi) is 10.4. The lowest BCUT2D eigenvalue weighted by molar-refractivity contribution is -0.116. The number of hydrogen-bond acceptors (Lipinski definition) is 4. The zero-order valence-corrected chi connectivity index (χ0v) is 19.4. The van der Waals surface area contributed by atoms with E-state index in [0.29, 0.717) is 35.9 Å². The Morgan fingerprint density at radius 1 is 1.27 bits per heavy atom. The van der Waals surface area contributed by atoms with E-state index in [0.717, 1.165) is 50.5 Å². The van der Waals surface area contributed by atoms with Gasteiger partial charge in [0, 0.05) is 56.4 Å². The van der Waals surface area contributed by atoms with Crippen molar-refractivity contribution in [1.82, 2.24) is 15.5 Å².